The van der Waals surface area contributed by atoms with Crippen molar-refractivity contribution in [1.29, 1.82) is 0 Å². The molecule has 4 heteroatoms. The SMILES string of the molecule is CCC1=NC2C=CC=CC2N1c1ccc(-c2c3ccccc3c(-c3ccc([Si](c4ccccc4)(c4ccccc4)c4cccc(-c5ccc6c(c5)sc5ccccc56)c4)cc3)c3ccccc23)cc1. The van der Waals surface area contributed by atoms with Crippen molar-refractivity contribution in [2.75, 3.05) is 4.90 Å². The van der Waals surface area contributed by atoms with Gasteiger partial charge < -0.3 is 4.90 Å². The van der Waals surface area contributed by atoms with Crippen molar-refractivity contribution in [1.82, 2.24) is 0 Å². The van der Waals surface area contributed by atoms with E-state index in [1.54, 1.807) is 0 Å². The molecule has 0 bridgehead atoms. The highest BCUT2D eigenvalue weighted by Gasteiger charge is 2.42. The van der Waals surface area contributed by atoms with Crippen molar-refractivity contribution in [3.05, 3.63) is 249 Å². The van der Waals surface area contributed by atoms with Gasteiger partial charge in [0.25, 0.3) is 0 Å². The van der Waals surface area contributed by atoms with Gasteiger partial charge in [0.1, 0.15) is 5.84 Å². The van der Waals surface area contributed by atoms with Crippen LogP contribution >= 0.6 is 11.3 Å². The van der Waals surface area contributed by atoms with E-state index in [0.717, 1.165) is 12.3 Å². The number of fused-ring (bicyclic) bond motifs is 6. The van der Waals surface area contributed by atoms with Crippen LogP contribution in [0, 0.1) is 0 Å². The summed E-state index contributed by atoms with van der Waals surface area (Å²) in [5, 5.41) is 13.1. The van der Waals surface area contributed by atoms with Crippen molar-refractivity contribution in [2.45, 2.75) is 25.4 Å². The third-order valence-electron chi connectivity index (χ3n) is 14.7. The van der Waals surface area contributed by atoms with Crippen LogP contribution in [0.2, 0.25) is 0 Å². The van der Waals surface area contributed by atoms with Gasteiger partial charge >= 0.3 is 0 Å². The second-order valence-corrected chi connectivity index (χ2v) is 23.3. The number of thiophene rings is 1. The fraction of sp³-hybridized carbons (Fsp3) is 0.0615. The molecule has 10 aromatic carbocycles. The molecule has 11 aromatic rings. The second-order valence-electron chi connectivity index (χ2n) is 18.4. The molecule has 2 heterocycles. The summed E-state index contributed by atoms with van der Waals surface area (Å²) in [6, 6.07) is 85.1. The molecule has 1 aliphatic heterocycles. The Morgan fingerprint density at radius 3 is 1.54 bits per heavy atom. The third kappa shape index (κ3) is 6.77. The standard InChI is InChI=1S/C65H48N2SSi/c1-2-63-66-59-29-14-15-30-60(59)67(63)48-37-32-44(33-38-48)64-55-25-9-11-27-57(55)65(58-28-12-10-26-56(58)64)45-34-39-51(40-35-45)69(49-19-5-3-6-20-49,50-21-7-4-8-22-50)52-23-17-18-46(42-52)47-36-41-54-53-24-13-16-31-61(53)68-62(54)43-47/h3-43,59-60H,2H2,1H3. The van der Waals surface area contributed by atoms with Crippen LogP contribution in [0.15, 0.2) is 254 Å². The van der Waals surface area contributed by atoms with E-state index in [1.165, 1.54) is 102 Å². The van der Waals surface area contributed by atoms with Crippen LogP contribution in [0.4, 0.5) is 5.69 Å². The summed E-state index contributed by atoms with van der Waals surface area (Å²) >= 11 is 1.88. The zero-order valence-electron chi connectivity index (χ0n) is 38.3. The van der Waals surface area contributed by atoms with E-state index in [1.807, 2.05) is 11.3 Å². The molecular formula is C65H48N2SSi. The van der Waals surface area contributed by atoms with E-state index < -0.39 is 8.07 Å². The number of aliphatic imine (C=N–C) groups is 1. The van der Waals surface area contributed by atoms with Crippen LogP contribution in [-0.2, 0) is 0 Å². The van der Waals surface area contributed by atoms with E-state index in [-0.39, 0.29) is 12.1 Å². The minimum absolute atomic E-state index is 0.167. The van der Waals surface area contributed by atoms with Gasteiger partial charge in [-0.2, -0.15) is 0 Å². The number of amidine groups is 1. The highest BCUT2D eigenvalue weighted by molar-refractivity contribution is 7.25. The van der Waals surface area contributed by atoms with Gasteiger partial charge in [-0.1, -0.05) is 231 Å². The van der Waals surface area contributed by atoms with Gasteiger partial charge in [0, 0.05) is 32.3 Å². The number of anilines is 1. The number of nitrogens with zero attached hydrogens (tertiary/aromatic N) is 2. The molecule has 0 N–H and O–H groups in total. The quantitative estimate of drug-likeness (QED) is 0.0800. The fourth-order valence-corrected chi connectivity index (χ4v) is 17.5. The minimum atomic E-state index is -2.88. The molecule has 0 amide bonds. The molecule has 2 aliphatic rings. The highest BCUT2D eigenvalue weighted by Crippen LogP contribution is 2.44. The fourth-order valence-electron chi connectivity index (χ4n) is 11.6. The van der Waals surface area contributed by atoms with Crippen LogP contribution in [0.25, 0.3) is 75.1 Å². The minimum Gasteiger partial charge on any atom is -0.321 e. The monoisotopic (exact) mass is 916 g/mol. The van der Waals surface area contributed by atoms with Crippen LogP contribution < -0.4 is 25.6 Å². The average molecular weight is 917 g/mol. The molecule has 2 atom stereocenters. The van der Waals surface area contributed by atoms with Crippen LogP contribution in [0.5, 0.6) is 0 Å². The molecule has 328 valence electrons. The van der Waals surface area contributed by atoms with Crippen LogP contribution in [0.3, 0.4) is 0 Å². The van der Waals surface area contributed by atoms with Gasteiger partial charge in [-0.05, 0) is 99.9 Å². The second kappa shape index (κ2) is 17.0. The Balaban J connectivity index is 0.948. The number of rotatable bonds is 9. The topological polar surface area (TPSA) is 15.6 Å². The Morgan fingerprint density at radius 1 is 0.420 bits per heavy atom. The van der Waals surface area contributed by atoms with E-state index in [9.17, 15) is 0 Å². The molecule has 13 rings (SSSR count). The highest BCUT2D eigenvalue weighted by atomic mass is 32.1. The summed E-state index contributed by atoms with van der Waals surface area (Å²) in [5.74, 6) is 1.14. The molecule has 2 unspecified atom stereocenters. The normalized spacial score (nSPS) is 15.6. The number of allylic oxidation sites excluding steroid dienone is 2. The summed E-state index contributed by atoms with van der Waals surface area (Å²) in [6.45, 7) is 2.21. The summed E-state index contributed by atoms with van der Waals surface area (Å²) in [4.78, 5) is 7.51. The van der Waals surface area contributed by atoms with Crippen molar-refractivity contribution < 1.29 is 0 Å². The van der Waals surface area contributed by atoms with Crippen molar-refractivity contribution in [2.24, 2.45) is 4.99 Å². The van der Waals surface area contributed by atoms with Gasteiger partial charge in [-0.25, -0.2) is 0 Å². The molecule has 2 nitrogen and oxygen atoms in total. The van der Waals surface area contributed by atoms with Crippen molar-refractivity contribution in [3.63, 3.8) is 0 Å². The molecule has 0 radical (unpaired) electrons. The van der Waals surface area contributed by atoms with Gasteiger partial charge in [0.05, 0.1) is 12.1 Å². The largest absolute Gasteiger partial charge is 0.321 e. The number of hydrogen-bond donors (Lipinski definition) is 0. The summed E-state index contributed by atoms with van der Waals surface area (Å²) in [7, 11) is -2.88. The van der Waals surface area contributed by atoms with Crippen LogP contribution in [-0.4, -0.2) is 26.0 Å². The predicted octanol–water partition coefficient (Wildman–Crippen LogP) is 14.2. The Labute approximate surface area is 408 Å². The first-order valence-electron chi connectivity index (χ1n) is 24.2. The summed E-state index contributed by atoms with van der Waals surface area (Å²) < 4.78 is 2.65. The van der Waals surface area contributed by atoms with Crippen LogP contribution in [0.1, 0.15) is 13.3 Å². The van der Waals surface area contributed by atoms with E-state index in [0.29, 0.717) is 0 Å². The first-order valence-corrected chi connectivity index (χ1v) is 27.0. The zero-order chi connectivity index (χ0) is 45.9. The molecule has 0 saturated heterocycles. The lowest BCUT2D eigenvalue weighted by Crippen LogP contribution is -2.74. The smallest absolute Gasteiger partial charge is 0.179 e. The van der Waals surface area contributed by atoms with Gasteiger partial charge in [-0.15, -0.1) is 11.3 Å². The number of benzene rings is 10. The molecule has 1 aromatic heterocycles. The molecule has 1 aliphatic carbocycles. The third-order valence-corrected chi connectivity index (χ3v) is 20.6. The Hall–Kier alpha value is -7.89. The first kappa shape index (κ1) is 41.3. The van der Waals surface area contributed by atoms with E-state index in [2.05, 4.69) is 261 Å². The molecule has 0 fully saturated rings. The summed E-state index contributed by atoms with van der Waals surface area (Å²) in [6.07, 6.45) is 9.68. The number of hydrogen-bond acceptors (Lipinski definition) is 3. The van der Waals surface area contributed by atoms with Gasteiger partial charge in [-0.3, -0.25) is 4.99 Å². The molecular weight excluding hydrogens is 869 g/mol. The maximum atomic E-state index is 5.09. The van der Waals surface area contributed by atoms with E-state index in [4.69, 9.17) is 4.99 Å². The van der Waals surface area contributed by atoms with Gasteiger partial charge in [0.2, 0.25) is 0 Å². The molecule has 69 heavy (non-hydrogen) atoms. The van der Waals surface area contributed by atoms with Crippen molar-refractivity contribution >= 4 is 93.4 Å². The first-order chi connectivity index (χ1) is 34.2. The maximum absolute atomic E-state index is 5.09. The Bertz CT molecular complexity index is 3730. The predicted molar refractivity (Wildman–Crippen MR) is 300 cm³/mol. The average Bonchev–Trinajstić information content (AvgIpc) is 4.00. The summed E-state index contributed by atoms with van der Waals surface area (Å²) in [5.41, 5.74) is 8.63. The lowest BCUT2D eigenvalue weighted by Gasteiger charge is -2.35. The van der Waals surface area contributed by atoms with E-state index >= 15 is 0 Å². The Kier molecular flexibility index (Phi) is 10.2. The zero-order valence-corrected chi connectivity index (χ0v) is 40.2. The molecule has 0 spiro atoms. The lowest BCUT2D eigenvalue weighted by atomic mass is 9.86. The molecule has 0 saturated carbocycles. The van der Waals surface area contributed by atoms with Crippen molar-refractivity contribution in [3.8, 4) is 33.4 Å². The van der Waals surface area contributed by atoms with Gasteiger partial charge in [0.15, 0.2) is 8.07 Å². The lowest BCUT2D eigenvalue weighted by molar-refractivity contribution is 0.739. The maximum Gasteiger partial charge on any atom is 0.179 e. The Morgan fingerprint density at radius 2 is 0.913 bits per heavy atom.